The molecule has 7 N–H and O–H groups in total. The van der Waals surface area contributed by atoms with Crippen molar-refractivity contribution in [3.63, 3.8) is 0 Å². The van der Waals surface area contributed by atoms with Crippen LogP contribution in [-0.2, 0) is 16.0 Å². The van der Waals surface area contributed by atoms with E-state index < -0.39 is 18.3 Å². The molecular formula is C25H44N4O6. The molecule has 0 aromatic heterocycles. The van der Waals surface area contributed by atoms with Crippen LogP contribution in [0.3, 0.4) is 0 Å². The van der Waals surface area contributed by atoms with Crippen LogP contribution >= 0.6 is 0 Å². The van der Waals surface area contributed by atoms with Gasteiger partial charge in [-0.3, -0.25) is 9.79 Å². The molecule has 0 spiro atoms. The number of aliphatic hydroxyl groups is 2. The third kappa shape index (κ3) is 13.8. The first-order valence-corrected chi connectivity index (χ1v) is 12.2. The number of aromatic hydroxyl groups is 1. The van der Waals surface area contributed by atoms with Crippen LogP contribution in [-0.4, -0.2) is 79.4 Å². The minimum Gasteiger partial charge on any atom is -0.504 e. The van der Waals surface area contributed by atoms with Crippen molar-refractivity contribution in [3.05, 3.63) is 23.8 Å². The molecule has 1 rings (SSSR count). The van der Waals surface area contributed by atoms with Gasteiger partial charge in [0.05, 0.1) is 19.3 Å². The first-order valence-electron chi connectivity index (χ1n) is 12.2. The Labute approximate surface area is 208 Å². The molecule has 0 fully saturated rings. The van der Waals surface area contributed by atoms with Gasteiger partial charge in [-0.25, -0.2) is 0 Å². The standard InChI is InChI=1S/C25H44N4O6/c1-17(30)15-28-12-11-20(16-29-25(26)27-3)5-8-21(32)14-22(35-18(2)31)9-6-19-7-10-23(33)24(13-19)34-4/h7,10,13,17,20-22,28,30,32-33H,5-6,8-9,11-12,14-16H2,1-4H3,(H3,26,27,29). The second kappa shape index (κ2) is 17.0. The average molecular weight is 497 g/mol. The minimum absolute atomic E-state index is 0.0697. The second-order valence-corrected chi connectivity index (χ2v) is 8.94. The van der Waals surface area contributed by atoms with Gasteiger partial charge in [0.25, 0.3) is 0 Å². The lowest BCUT2D eigenvalue weighted by molar-refractivity contribution is -0.148. The maximum atomic E-state index is 11.6. The molecule has 0 saturated heterocycles. The summed E-state index contributed by atoms with van der Waals surface area (Å²) in [5.74, 6) is 0.686. The monoisotopic (exact) mass is 496 g/mol. The minimum atomic E-state index is -0.626. The van der Waals surface area contributed by atoms with Gasteiger partial charge in [-0.15, -0.1) is 0 Å². The Hall–Kier alpha value is -2.56. The number of esters is 1. The molecular weight excluding hydrogens is 452 g/mol. The van der Waals surface area contributed by atoms with Crippen LogP contribution < -0.4 is 21.1 Å². The summed E-state index contributed by atoms with van der Waals surface area (Å²) in [6, 6.07) is 5.13. The molecule has 0 bridgehead atoms. The number of aliphatic imine (C=N–C) groups is 1. The number of ether oxygens (including phenoxy) is 2. The molecule has 10 heteroatoms. The topological polar surface area (TPSA) is 159 Å². The Balaban J connectivity index is 2.62. The van der Waals surface area contributed by atoms with E-state index in [0.717, 1.165) is 24.9 Å². The van der Waals surface area contributed by atoms with Crippen molar-refractivity contribution in [2.24, 2.45) is 16.6 Å². The predicted molar refractivity (Wildman–Crippen MR) is 137 cm³/mol. The first-order chi connectivity index (χ1) is 16.6. The maximum absolute atomic E-state index is 11.6. The summed E-state index contributed by atoms with van der Waals surface area (Å²) in [5, 5.41) is 36.2. The SMILES string of the molecule is CN=C(N)NCC(CCNCC(C)O)CCC(O)CC(CCc1ccc(O)c(OC)c1)OC(C)=O. The van der Waals surface area contributed by atoms with Crippen LogP contribution in [0.4, 0.5) is 0 Å². The molecule has 0 aliphatic rings. The predicted octanol–water partition coefficient (Wildman–Crippen LogP) is 1.31. The smallest absolute Gasteiger partial charge is 0.302 e. The van der Waals surface area contributed by atoms with Gasteiger partial charge in [-0.1, -0.05) is 6.07 Å². The van der Waals surface area contributed by atoms with E-state index in [1.807, 2.05) is 0 Å². The van der Waals surface area contributed by atoms with Crippen molar-refractivity contribution in [1.82, 2.24) is 10.6 Å². The van der Waals surface area contributed by atoms with Gasteiger partial charge in [-0.05, 0) is 69.2 Å². The third-order valence-electron chi connectivity index (χ3n) is 5.76. The van der Waals surface area contributed by atoms with Gasteiger partial charge >= 0.3 is 5.97 Å². The Kier molecular flexibility index (Phi) is 14.8. The largest absolute Gasteiger partial charge is 0.504 e. The highest BCUT2D eigenvalue weighted by molar-refractivity contribution is 5.77. The number of nitrogens with two attached hydrogens (primary N) is 1. The number of methoxy groups -OCH3 is 1. The molecule has 0 radical (unpaired) electrons. The molecule has 1 aromatic rings. The number of carbonyl (C=O) groups is 1. The first kappa shape index (κ1) is 30.5. The molecule has 0 heterocycles. The van der Waals surface area contributed by atoms with Crippen LogP contribution in [0.15, 0.2) is 23.2 Å². The van der Waals surface area contributed by atoms with Crippen LogP contribution in [0.1, 0.15) is 51.5 Å². The van der Waals surface area contributed by atoms with E-state index in [1.165, 1.54) is 14.0 Å². The van der Waals surface area contributed by atoms with E-state index in [4.69, 9.17) is 15.2 Å². The van der Waals surface area contributed by atoms with E-state index in [9.17, 15) is 20.1 Å². The fourth-order valence-corrected chi connectivity index (χ4v) is 3.81. The number of carbonyl (C=O) groups excluding carboxylic acids is 1. The van der Waals surface area contributed by atoms with Gasteiger partial charge in [0, 0.05) is 33.5 Å². The van der Waals surface area contributed by atoms with Crippen molar-refractivity contribution in [2.75, 3.05) is 33.8 Å². The Morgan fingerprint density at radius 2 is 1.91 bits per heavy atom. The van der Waals surface area contributed by atoms with E-state index in [-0.39, 0.29) is 17.6 Å². The average Bonchev–Trinajstić information content (AvgIpc) is 2.81. The normalized spacial score (nSPS) is 15.2. The van der Waals surface area contributed by atoms with Crippen LogP contribution in [0.25, 0.3) is 0 Å². The number of aryl methyl sites for hydroxylation is 1. The summed E-state index contributed by atoms with van der Waals surface area (Å²) in [4.78, 5) is 15.5. The third-order valence-corrected chi connectivity index (χ3v) is 5.76. The summed E-state index contributed by atoms with van der Waals surface area (Å²) in [6.45, 7) is 4.99. The zero-order chi connectivity index (χ0) is 26.2. The van der Waals surface area contributed by atoms with Crippen LogP contribution in [0, 0.1) is 5.92 Å². The number of aliphatic hydroxyl groups excluding tert-OH is 2. The fraction of sp³-hybridized carbons (Fsp3) is 0.680. The number of guanidine groups is 1. The number of benzene rings is 1. The number of phenolic OH excluding ortho intramolecular Hbond substituents is 1. The molecule has 35 heavy (non-hydrogen) atoms. The number of phenols is 1. The van der Waals surface area contributed by atoms with E-state index in [1.54, 1.807) is 32.2 Å². The maximum Gasteiger partial charge on any atom is 0.302 e. The molecule has 10 nitrogen and oxygen atoms in total. The highest BCUT2D eigenvalue weighted by atomic mass is 16.5. The number of hydrogen-bond acceptors (Lipinski definition) is 8. The summed E-state index contributed by atoms with van der Waals surface area (Å²) >= 11 is 0. The number of rotatable bonds is 17. The number of hydrogen-bond donors (Lipinski definition) is 6. The molecule has 0 saturated carbocycles. The summed E-state index contributed by atoms with van der Waals surface area (Å²) < 4.78 is 10.6. The number of nitrogens with zero attached hydrogens (tertiary/aromatic N) is 1. The Morgan fingerprint density at radius 3 is 2.54 bits per heavy atom. The quantitative estimate of drug-likeness (QED) is 0.0809. The number of nitrogens with one attached hydrogen (secondary N) is 2. The van der Waals surface area contributed by atoms with Crippen molar-refractivity contribution in [3.8, 4) is 11.5 Å². The van der Waals surface area contributed by atoms with Crippen LogP contribution in [0.2, 0.25) is 0 Å². The Morgan fingerprint density at radius 1 is 1.17 bits per heavy atom. The van der Waals surface area contributed by atoms with Gasteiger partial charge in [-0.2, -0.15) is 0 Å². The molecule has 0 aliphatic carbocycles. The second-order valence-electron chi connectivity index (χ2n) is 8.94. The van der Waals surface area contributed by atoms with Gasteiger partial charge < -0.3 is 41.2 Å². The molecule has 4 unspecified atom stereocenters. The van der Waals surface area contributed by atoms with Crippen molar-refractivity contribution >= 4 is 11.9 Å². The molecule has 4 atom stereocenters. The lowest BCUT2D eigenvalue weighted by Gasteiger charge is -2.23. The highest BCUT2D eigenvalue weighted by Crippen LogP contribution is 2.27. The zero-order valence-corrected chi connectivity index (χ0v) is 21.5. The lowest BCUT2D eigenvalue weighted by Crippen LogP contribution is -2.36. The lowest BCUT2D eigenvalue weighted by atomic mass is 9.94. The van der Waals surface area contributed by atoms with Gasteiger partial charge in [0.2, 0.25) is 0 Å². The highest BCUT2D eigenvalue weighted by Gasteiger charge is 2.20. The van der Waals surface area contributed by atoms with E-state index in [2.05, 4.69) is 15.6 Å². The fourth-order valence-electron chi connectivity index (χ4n) is 3.81. The summed E-state index contributed by atoms with van der Waals surface area (Å²) in [5.41, 5.74) is 6.70. The molecule has 0 amide bonds. The summed E-state index contributed by atoms with van der Waals surface area (Å²) in [6.07, 6.45) is 2.19. The van der Waals surface area contributed by atoms with Crippen molar-refractivity contribution in [1.29, 1.82) is 0 Å². The Bertz CT molecular complexity index is 774. The van der Waals surface area contributed by atoms with Crippen molar-refractivity contribution in [2.45, 2.75) is 70.7 Å². The molecule has 200 valence electrons. The van der Waals surface area contributed by atoms with Crippen molar-refractivity contribution < 1.29 is 29.6 Å². The van der Waals surface area contributed by atoms with Gasteiger partial charge in [0.15, 0.2) is 17.5 Å². The molecule has 1 aromatic carbocycles. The molecule has 0 aliphatic heterocycles. The van der Waals surface area contributed by atoms with Crippen LogP contribution in [0.5, 0.6) is 11.5 Å². The summed E-state index contributed by atoms with van der Waals surface area (Å²) in [7, 11) is 3.11. The zero-order valence-electron chi connectivity index (χ0n) is 21.5. The van der Waals surface area contributed by atoms with Gasteiger partial charge in [0.1, 0.15) is 6.10 Å². The van der Waals surface area contributed by atoms with E-state index >= 15 is 0 Å². The van der Waals surface area contributed by atoms with E-state index in [0.29, 0.717) is 50.5 Å².